The molecule has 0 aliphatic heterocycles. The first-order chi connectivity index (χ1) is 13.3. The molecule has 0 aromatic heterocycles. The Hall–Kier alpha value is -2.45. The highest BCUT2D eigenvalue weighted by Gasteiger charge is 2.33. The zero-order chi connectivity index (χ0) is 20.7. The van der Waals surface area contributed by atoms with E-state index in [-0.39, 0.29) is 29.4 Å². The van der Waals surface area contributed by atoms with Crippen LogP contribution in [-0.2, 0) is 10.9 Å². The minimum atomic E-state index is -4.64. The number of carbonyl (C=O) groups excluding carboxylic acids is 1. The molecule has 28 heavy (non-hydrogen) atoms. The van der Waals surface area contributed by atoms with E-state index in [2.05, 4.69) is 5.32 Å². The number of methoxy groups -OCH3 is 1. The summed E-state index contributed by atoms with van der Waals surface area (Å²) in [5.74, 6) is -0.197. The van der Waals surface area contributed by atoms with Gasteiger partial charge in [0.05, 0.1) is 23.8 Å². The molecule has 0 unspecified atom stereocenters. The molecule has 1 N–H and O–H groups in total. The van der Waals surface area contributed by atoms with Crippen molar-refractivity contribution in [3.05, 3.63) is 52.5 Å². The van der Waals surface area contributed by atoms with E-state index in [9.17, 15) is 18.0 Å². The average molecular weight is 418 g/mol. The van der Waals surface area contributed by atoms with Crippen molar-refractivity contribution in [3.8, 4) is 11.5 Å². The molecule has 0 aliphatic carbocycles. The number of anilines is 1. The van der Waals surface area contributed by atoms with Crippen LogP contribution in [0.15, 0.2) is 36.4 Å². The first-order valence-electron chi connectivity index (χ1n) is 8.33. The number of nitrogens with one attached hydrogen (secondary N) is 1. The number of hydrogen-bond acceptors (Lipinski definition) is 4. The van der Waals surface area contributed by atoms with Crippen LogP contribution in [0.4, 0.5) is 18.9 Å². The topological polar surface area (TPSA) is 56.8 Å². The predicted molar refractivity (Wildman–Crippen MR) is 99.4 cm³/mol. The van der Waals surface area contributed by atoms with Gasteiger partial charge in [-0.1, -0.05) is 17.7 Å². The van der Waals surface area contributed by atoms with E-state index in [0.29, 0.717) is 13.2 Å². The monoisotopic (exact) mass is 417 g/mol. The number of hydrogen-bond donors (Lipinski definition) is 1. The molecule has 0 heterocycles. The van der Waals surface area contributed by atoms with Crippen LogP contribution in [0.1, 0.15) is 22.8 Å². The van der Waals surface area contributed by atoms with E-state index in [0.717, 1.165) is 12.1 Å². The molecule has 5 nitrogen and oxygen atoms in total. The van der Waals surface area contributed by atoms with Crippen LogP contribution in [0.5, 0.6) is 11.5 Å². The summed E-state index contributed by atoms with van der Waals surface area (Å²) in [7, 11) is 1.51. The Labute approximate surface area is 165 Å². The number of benzene rings is 2. The molecule has 0 fully saturated rings. The zero-order valence-electron chi connectivity index (χ0n) is 15.2. The van der Waals surface area contributed by atoms with Crippen molar-refractivity contribution in [2.45, 2.75) is 13.1 Å². The third kappa shape index (κ3) is 5.53. The summed E-state index contributed by atoms with van der Waals surface area (Å²) in [6.45, 7) is 2.52. The maximum atomic E-state index is 13.0. The standard InChI is InChI=1S/C19H19ClF3NO4/c1-3-27-15-5-4-6-16(28-10-9-26-2)17(15)18(25)24-12-7-8-14(20)13(11-12)19(21,22)23/h4-8,11H,3,9-10H2,1-2H3,(H,24,25). The van der Waals surface area contributed by atoms with E-state index < -0.39 is 22.7 Å². The summed E-state index contributed by atoms with van der Waals surface area (Å²) >= 11 is 5.61. The maximum Gasteiger partial charge on any atom is 0.417 e. The van der Waals surface area contributed by atoms with Gasteiger partial charge in [0.2, 0.25) is 0 Å². The summed E-state index contributed by atoms with van der Waals surface area (Å²) in [5, 5.41) is 1.98. The third-order valence-electron chi connectivity index (χ3n) is 3.59. The second kappa shape index (κ2) is 9.66. The third-order valence-corrected chi connectivity index (χ3v) is 3.92. The smallest absolute Gasteiger partial charge is 0.417 e. The van der Waals surface area contributed by atoms with Crippen molar-refractivity contribution in [2.75, 3.05) is 32.2 Å². The number of amides is 1. The van der Waals surface area contributed by atoms with Crippen LogP contribution in [-0.4, -0.2) is 32.8 Å². The van der Waals surface area contributed by atoms with Crippen molar-refractivity contribution in [1.29, 1.82) is 0 Å². The molecule has 0 aliphatic rings. The number of carbonyl (C=O) groups is 1. The van der Waals surface area contributed by atoms with Crippen molar-refractivity contribution < 1.29 is 32.2 Å². The fraction of sp³-hybridized carbons (Fsp3) is 0.316. The van der Waals surface area contributed by atoms with E-state index in [1.54, 1.807) is 25.1 Å². The van der Waals surface area contributed by atoms with Gasteiger partial charge in [-0.15, -0.1) is 0 Å². The number of rotatable bonds is 8. The van der Waals surface area contributed by atoms with Crippen molar-refractivity contribution in [1.82, 2.24) is 0 Å². The lowest BCUT2D eigenvalue weighted by atomic mass is 10.1. The molecule has 9 heteroatoms. The molecule has 0 bridgehead atoms. The molecular weight excluding hydrogens is 399 g/mol. The quantitative estimate of drug-likeness (QED) is 0.612. The van der Waals surface area contributed by atoms with Gasteiger partial charge in [0, 0.05) is 12.8 Å². The fourth-order valence-corrected chi connectivity index (χ4v) is 2.60. The summed E-state index contributed by atoms with van der Waals surface area (Å²) in [6, 6.07) is 7.91. The molecule has 152 valence electrons. The molecule has 1 amide bonds. The van der Waals surface area contributed by atoms with Crippen molar-refractivity contribution in [2.24, 2.45) is 0 Å². The highest BCUT2D eigenvalue weighted by Crippen LogP contribution is 2.36. The van der Waals surface area contributed by atoms with Crippen LogP contribution < -0.4 is 14.8 Å². The first-order valence-corrected chi connectivity index (χ1v) is 8.71. The van der Waals surface area contributed by atoms with Gasteiger partial charge in [-0.3, -0.25) is 4.79 Å². The van der Waals surface area contributed by atoms with E-state index in [4.69, 9.17) is 25.8 Å². The Morgan fingerprint density at radius 1 is 1.11 bits per heavy atom. The maximum absolute atomic E-state index is 13.0. The van der Waals surface area contributed by atoms with Gasteiger partial charge in [-0.2, -0.15) is 13.2 Å². The summed E-state index contributed by atoms with van der Waals surface area (Å²) < 4.78 is 55.1. The van der Waals surface area contributed by atoms with E-state index >= 15 is 0 Å². The Morgan fingerprint density at radius 2 is 1.79 bits per heavy atom. The van der Waals surface area contributed by atoms with E-state index in [1.165, 1.54) is 13.2 Å². The van der Waals surface area contributed by atoms with Crippen LogP contribution >= 0.6 is 11.6 Å². The number of halogens is 4. The molecule has 0 atom stereocenters. The summed E-state index contributed by atoms with van der Waals surface area (Å²) in [5.41, 5.74) is -1.03. The molecule has 2 rings (SSSR count). The second-order valence-electron chi connectivity index (χ2n) is 5.55. The number of alkyl halides is 3. The molecule has 0 saturated heterocycles. The minimum Gasteiger partial charge on any atom is -0.493 e. The van der Waals surface area contributed by atoms with Gasteiger partial charge < -0.3 is 19.5 Å². The van der Waals surface area contributed by atoms with Crippen LogP contribution in [0.25, 0.3) is 0 Å². The van der Waals surface area contributed by atoms with Gasteiger partial charge in [-0.25, -0.2) is 0 Å². The molecule has 2 aromatic carbocycles. The Kier molecular flexibility index (Phi) is 7.53. The Bertz CT molecular complexity index is 827. The Morgan fingerprint density at radius 3 is 2.39 bits per heavy atom. The van der Waals surface area contributed by atoms with Crippen LogP contribution in [0.3, 0.4) is 0 Å². The lowest BCUT2D eigenvalue weighted by Gasteiger charge is -2.16. The molecule has 2 aromatic rings. The molecule has 0 saturated carbocycles. The zero-order valence-corrected chi connectivity index (χ0v) is 16.0. The average Bonchev–Trinajstić information content (AvgIpc) is 2.63. The SMILES string of the molecule is CCOc1cccc(OCCOC)c1C(=O)Nc1ccc(Cl)c(C(F)(F)F)c1. The van der Waals surface area contributed by atoms with E-state index in [1.807, 2.05) is 0 Å². The van der Waals surface area contributed by atoms with Crippen molar-refractivity contribution in [3.63, 3.8) is 0 Å². The van der Waals surface area contributed by atoms with Gasteiger partial charge in [0.15, 0.2) is 0 Å². The summed E-state index contributed by atoms with van der Waals surface area (Å²) in [6.07, 6.45) is -4.64. The normalized spacial score (nSPS) is 11.2. The molecular formula is C19H19ClF3NO4. The number of ether oxygens (including phenoxy) is 3. The second-order valence-corrected chi connectivity index (χ2v) is 5.96. The van der Waals surface area contributed by atoms with Gasteiger partial charge in [-0.05, 0) is 37.3 Å². The van der Waals surface area contributed by atoms with Crippen LogP contribution in [0.2, 0.25) is 5.02 Å². The summed E-state index contributed by atoms with van der Waals surface area (Å²) in [4.78, 5) is 12.8. The highest BCUT2D eigenvalue weighted by molar-refractivity contribution is 6.31. The van der Waals surface area contributed by atoms with Crippen molar-refractivity contribution >= 4 is 23.2 Å². The first kappa shape index (κ1) is 21.8. The lowest BCUT2D eigenvalue weighted by molar-refractivity contribution is -0.137. The predicted octanol–water partition coefficient (Wildman–Crippen LogP) is 5.04. The minimum absolute atomic E-state index is 0.0594. The fourth-order valence-electron chi connectivity index (χ4n) is 2.38. The Balaban J connectivity index is 2.35. The van der Waals surface area contributed by atoms with Gasteiger partial charge >= 0.3 is 6.18 Å². The van der Waals surface area contributed by atoms with Gasteiger partial charge in [0.1, 0.15) is 23.7 Å². The molecule has 0 spiro atoms. The van der Waals surface area contributed by atoms with Gasteiger partial charge in [0.25, 0.3) is 5.91 Å². The lowest BCUT2D eigenvalue weighted by Crippen LogP contribution is -2.17. The van der Waals surface area contributed by atoms with Crippen LogP contribution in [0, 0.1) is 0 Å². The molecule has 0 radical (unpaired) electrons. The largest absolute Gasteiger partial charge is 0.493 e. The highest BCUT2D eigenvalue weighted by atomic mass is 35.5.